The van der Waals surface area contributed by atoms with E-state index < -0.39 is 12.0 Å². The minimum Gasteiger partial charge on any atom is -0.454 e. The molecule has 27 heavy (non-hydrogen) atoms. The summed E-state index contributed by atoms with van der Waals surface area (Å²) < 4.78 is 10.2. The molecule has 1 N–H and O–H groups in total. The van der Waals surface area contributed by atoms with Gasteiger partial charge in [-0.3, -0.25) is 4.79 Å². The predicted molar refractivity (Wildman–Crippen MR) is 96.7 cm³/mol. The Morgan fingerprint density at radius 2 is 1.74 bits per heavy atom. The molecule has 3 aromatic rings. The zero-order valence-corrected chi connectivity index (χ0v) is 14.8. The SMILES string of the molecule is Cc1noc(COC(=O)[C@@H](Cc2ccccc2)NC(=O)c2ccccc2)n1. The van der Waals surface area contributed by atoms with Crippen molar-refractivity contribution < 1.29 is 18.8 Å². The van der Waals surface area contributed by atoms with E-state index in [9.17, 15) is 9.59 Å². The number of benzene rings is 2. The van der Waals surface area contributed by atoms with Crippen LogP contribution in [0.2, 0.25) is 0 Å². The summed E-state index contributed by atoms with van der Waals surface area (Å²) in [6.07, 6.45) is 0.307. The van der Waals surface area contributed by atoms with Crippen LogP contribution in [0.15, 0.2) is 65.2 Å². The van der Waals surface area contributed by atoms with Crippen LogP contribution in [-0.2, 0) is 22.6 Å². The minimum absolute atomic E-state index is 0.147. The van der Waals surface area contributed by atoms with Gasteiger partial charge in [-0.1, -0.05) is 53.7 Å². The maximum Gasteiger partial charge on any atom is 0.329 e. The average molecular weight is 365 g/mol. The Balaban J connectivity index is 1.70. The highest BCUT2D eigenvalue weighted by molar-refractivity contribution is 5.96. The molecular formula is C20H19N3O4. The number of carbonyl (C=O) groups is 2. The van der Waals surface area contributed by atoms with Crippen LogP contribution in [0.1, 0.15) is 27.6 Å². The normalized spacial score (nSPS) is 11.6. The molecule has 1 amide bonds. The lowest BCUT2D eigenvalue weighted by molar-refractivity contribution is -0.148. The van der Waals surface area contributed by atoms with Gasteiger partial charge in [0, 0.05) is 12.0 Å². The Hall–Kier alpha value is -3.48. The quantitative estimate of drug-likeness (QED) is 0.647. The molecule has 0 saturated heterocycles. The number of hydrogen-bond donors (Lipinski definition) is 1. The van der Waals surface area contributed by atoms with Crippen LogP contribution in [0.3, 0.4) is 0 Å². The number of amides is 1. The van der Waals surface area contributed by atoms with Gasteiger partial charge < -0.3 is 14.6 Å². The molecule has 0 aliphatic rings. The number of aromatic nitrogens is 2. The van der Waals surface area contributed by atoms with E-state index in [1.807, 2.05) is 36.4 Å². The minimum atomic E-state index is -0.843. The molecule has 0 aliphatic carbocycles. The van der Waals surface area contributed by atoms with E-state index in [1.165, 1.54) is 0 Å². The third-order valence-electron chi connectivity index (χ3n) is 3.82. The topological polar surface area (TPSA) is 94.3 Å². The first-order valence-electron chi connectivity index (χ1n) is 8.47. The zero-order chi connectivity index (χ0) is 19.1. The first-order valence-corrected chi connectivity index (χ1v) is 8.47. The van der Waals surface area contributed by atoms with E-state index in [4.69, 9.17) is 9.26 Å². The number of rotatable bonds is 7. The van der Waals surface area contributed by atoms with E-state index >= 15 is 0 Å². The van der Waals surface area contributed by atoms with Crippen molar-refractivity contribution in [2.75, 3.05) is 0 Å². The fourth-order valence-corrected chi connectivity index (χ4v) is 2.51. The molecule has 0 fully saturated rings. The first-order chi connectivity index (χ1) is 13.1. The van der Waals surface area contributed by atoms with Gasteiger partial charge in [-0.15, -0.1) is 0 Å². The molecular weight excluding hydrogens is 346 g/mol. The van der Waals surface area contributed by atoms with Gasteiger partial charge in [0.05, 0.1) is 0 Å². The van der Waals surface area contributed by atoms with Crippen molar-refractivity contribution >= 4 is 11.9 Å². The van der Waals surface area contributed by atoms with Gasteiger partial charge in [-0.25, -0.2) is 4.79 Å². The molecule has 138 valence electrons. The summed E-state index contributed by atoms with van der Waals surface area (Å²) in [5, 5.41) is 6.39. The molecule has 1 aromatic heterocycles. The highest BCUT2D eigenvalue weighted by Crippen LogP contribution is 2.08. The van der Waals surface area contributed by atoms with Gasteiger partial charge in [-0.2, -0.15) is 4.98 Å². The van der Waals surface area contributed by atoms with Crippen molar-refractivity contribution in [2.24, 2.45) is 0 Å². The Bertz CT molecular complexity index is 894. The lowest BCUT2D eigenvalue weighted by atomic mass is 10.1. The van der Waals surface area contributed by atoms with E-state index in [1.54, 1.807) is 31.2 Å². The second-order valence-electron chi connectivity index (χ2n) is 5.92. The van der Waals surface area contributed by atoms with Crippen molar-refractivity contribution in [1.82, 2.24) is 15.5 Å². The Labute approximate surface area is 156 Å². The van der Waals surface area contributed by atoms with E-state index in [0.29, 0.717) is 17.8 Å². The van der Waals surface area contributed by atoms with Crippen molar-refractivity contribution in [1.29, 1.82) is 0 Å². The van der Waals surface area contributed by atoms with Crippen LogP contribution < -0.4 is 5.32 Å². The molecule has 1 heterocycles. The molecule has 0 bridgehead atoms. The van der Waals surface area contributed by atoms with E-state index in [0.717, 1.165) is 5.56 Å². The van der Waals surface area contributed by atoms with E-state index in [2.05, 4.69) is 15.5 Å². The average Bonchev–Trinajstić information content (AvgIpc) is 3.12. The molecule has 0 radical (unpaired) electrons. The highest BCUT2D eigenvalue weighted by atomic mass is 16.6. The van der Waals surface area contributed by atoms with Crippen LogP contribution in [0.4, 0.5) is 0 Å². The van der Waals surface area contributed by atoms with Crippen molar-refractivity contribution in [2.45, 2.75) is 26.0 Å². The number of nitrogens with one attached hydrogen (secondary N) is 1. The first kappa shape index (κ1) is 18.3. The second-order valence-corrected chi connectivity index (χ2v) is 5.92. The fraction of sp³-hybridized carbons (Fsp3) is 0.200. The number of ether oxygens (including phenoxy) is 1. The van der Waals surface area contributed by atoms with E-state index in [-0.39, 0.29) is 18.4 Å². The predicted octanol–water partition coefficient (Wildman–Crippen LogP) is 2.46. The standard InChI is InChI=1S/C20H19N3O4/c1-14-21-18(27-23-14)13-26-20(25)17(12-15-8-4-2-5-9-15)22-19(24)16-10-6-3-7-11-16/h2-11,17H,12-13H2,1H3,(H,22,24)/t17-/m1/s1. The summed E-state index contributed by atoms with van der Waals surface area (Å²) in [4.78, 5) is 29.0. The molecule has 7 nitrogen and oxygen atoms in total. The maximum atomic E-state index is 12.6. The van der Waals surface area contributed by atoms with Crippen molar-refractivity contribution in [3.63, 3.8) is 0 Å². The summed E-state index contributed by atoms with van der Waals surface area (Å²) in [5.41, 5.74) is 1.37. The molecule has 0 unspecified atom stereocenters. The summed E-state index contributed by atoms with van der Waals surface area (Å²) in [5.74, 6) is -0.255. The fourth-order valence-electron chi connectivity index (χ4n) is 2.51. The van der Waals surface area contributed by atoms with Crippen LogP contribution in [0, 0.1) is 6.92 Å². The van der Waals surface area contributed by atoms with Gasteiger partial charge in [-0.05, 0) is 24.6 Å². The summed E-state index contributed by atoms with van der Waals surface area (Å²) in [7, 11) is 0. The van der Waals surface area contributed by atoms with Crippen LogP contribution in [0.5, 0.6) is 0 Å². The Morgan fingerprint density at radius 1 is 1.07 bits per heavy atom. The van der Waals surface area contributed by atoms with Crippen LogP contribution in [0.25, 0.3) is 0 Å². The van der Waals surface area contributed by atoms with Gasteiger partial charge in [0.1, 0.15) is 6.04 Å². The third kappa shape index (κ3) is 5.24. The maximum absolute atomic E-state index is 12.6. The summed E-state index contributed by atoms with van der Waals surface area (Å²) in [6, 6.07) is 17.3. The molecule has 2 aromatic carbocycles. The smallest absolute Gasteiger partial charge is 0.329 e. The van der Waals surface area contributed by atoms with Crippen molar-refractivity contribution in [3.05, 3.63) is 83.5 Å². The van der Waals surface area contributed by atoms with Crippen LogP contribution in [-0.4, -0.2) is 28.1 Å². The number of nitrogens with zero attached hydrogens (tertiary/aromatic N) is 2. The largest absolute Gasteiger partial charge is 0.454 e. The number of hydrogen-bond acceptors (Lipinski definition) is 6. The Kier molecular flexibility index (Phi) is 5.94. The second kappa shape index (κ2) is 8.75. The molecule has 0 saturated carbocycles. The Morgan fingerprint density at radius 3 is 2.37 bits per heavy atom. The summed E-state index contributed by atoms with van der Waals surface area (Å²) >= 11 is 0. The molecule has 7 heteroatoms. The molecule has 3 rings (SSSR count). The van der Waals surface area contributed by atoms with Crippen molar-refractivity contribution in [3.8, 4) is 0 Å². The summed E-state index contributed by atoms with van der Waals surface area (Å²) in [6.45, 7) is 1.53. The molecule has 0 aliphatic heterocycles. The third-order valence-corrected chi connectivity index (χ3v) is 3.82. The van der Waals surface area contributed by atoms with Crippen LogP contribution >= 0.6 is 0 Å². The van der Waals surface area contributed by atoms with Gasteiger partial charge in [0.2, 0.25) is 0 Å². The van der Waals surface area contributed by atoms with Gasteiger partial charge in [0.15, 0.2) is 12.4 Å². The number of esters is 1. The lowest BCUT2D eigenvalue weighted by Gasteiger charge is -2.17. The number of aryl methyl sites for hydroxylation is 1. The molecule has 0 spiro atoms. The number of carbonyl (C=O) groups excluding carboxylic acids is 2. The highest BCUT2D eigenvalue weighted by Gasteiger charge is 2.24. The monoisotopic (exact) mass is 365 g/mol. The van der Waals surface area contributed by atoms with Gasteiger partial charge >= 0.3 is 5.97 Å². The lowest BCUT2D eigenvalue weighted by Crippen LogP contribution is -2.43. The van der Waals surface area contributed by atoms with Gasteiger partial charge in [0.25, 0.3) is 11.8 Å². The zero-order valence-electron chi connectivity index (χ0n) is 14.8. The molecule has 1 atom stereocenters.